The van der Waals surface area contributed by atoms with Gasteiger partial charge in [-0.25, -0.2) is 9.59 Å². The molecule has 2 saturated heterocycles. The smallest absolute Gasteiger partial charge is 0.338 e. The Hall–Kier alpha value is -3.28. The lowest BCUT2D eigenvalue weighted by Gasteiger charge is -2.45. The number of carbonyl (C=O) groups is 2. The highest BCUT2D eigenvalue weighted by molar-refractivity contribution is 5.89. The minimum atomic E-state index is -0.943. The monoisotopic (exact) mass is 522 g/mol. The predicted molar refractivity (Wildman–Crippen MR) is 145 cm³/mol. The molecule has 1 aromatic heterocycles. The van der Waals surface area contributed by atoms with Gasteiger partial charge in [0.05, 0.1) is 11.2 Å². The van der Waals surface area contributed by atoms with Crippen LogP contribution in [0.1, 0.15) is 31.4 Å². The van der Waals surface area contributed by atoms with Crippen LogP contribution >= 0.6 is 0 Å². The number of carbonyl (C=O) groups excluding carboxylic acids is 2. The zero-order chi connectivity index (χ0) is 27.0. The highest BCUT2D eigenvalue weighted by atomic mass is 16.2. The summed E-state index contributed by atoms with van der Waals surface area (Å²) in [5.41, 5.74) is 13.7. The third kappa shape index (κ3) is 5.45. The second kappa shape index (κ2) is 10.5. The second-order valence-corrected chi connectivity index (χ2v) is 11.3. The first-order valence-corrected chi connectivity index (χ1v) is 13.4. The van der Waals surface area contributed by atoms with Crippen LogP contribution in [0, 0.1) is 5.92 Å². The largest absolute Gasteiger partial charge is 0.354 e. The fraction of sp³-hybridized carbons (Fsp3) is 0.556. The average molecular weight is 523 g/mol. The molecule has 3 amide bonds. The van der Waals surface area contributed by atoms with Crippen molar-refractivity contribution in [3.63, 3.8) is 0 Å². The zero-order valence-electron chi connectivity index (χ0n) is 22.2. The van der Waals surface area contributed by atoms with Crippen molar-refractivity contribution in [3.8, 4) is 5.69 Å². The van der Waals surface area contributed by atoms with Crippen molar-refractivity contribution in [2.75, 3.05) is 51.1 Å². The van der Waals surface area contributed by atoms with Crippen LogP contribution in [0.5, 0.6) is 0 Å². The molecular formula is C27H38N8O3. The molecule has 11 heteroatoms. The summed E-state index contributed by atoms with van der Waals surface area (Å²) in [7, 11) is 0. The van der Waals surface area contributed by atoms with Gasteiger partial charge in [0.2, 0.25) is 5.91 Å². The van der Waals surface area contributed by atoms with Gasteiger partial charge in [0.15, 0.2) is 0 Å². The Morgan fingerprint density at radius 2 is 1.79 bits per heavy atom. The maximum Gasteiger partial charge on any atom is 0.354 e. The van der Waals surface area contributed by atoms with E-state index in [9.17, 15) is 14.4 Å². The quantitative estimate of drug-likeness (QED) is 0.516. The van der Waals surface area contributed by atoms with Crippen LogP contribution in [0.3, 0.4) is 0 Å². The van der Waals surface area contributed by atoms with E-state index in [1.165, 1.54) is 15.7 Å². The Kier molecular flexibility index (Phi) is 7.26. The van der Waals surface area contributed by atoms with Gasteiger partial charge in [-0.15, -0.1) is 0 Å². The van der Waals surface area contributed by atoms with Gasteiger partial charge < -0.3 is 21.3 Å². The molecule has 0 bridgehead atoms. The molecule has 11 nitrogen and oxygen atoms in total. The molecule has 1 aliphatic carbocycles. The number of hydrogen-bond acceptors (Lipinski definition) is 7. The van der Waals surface area contributed by atoms with E-state index in [0.717, 1.165) is 44.6 Å². The Labute approximate surface area is 222 Å². The zero-order valence-corrected chi connectivity index (χ0v) is 22.2. The highest BCUT2D eigenvalue weighted by Crippen LogP contribution is 2.30. The van der Waals surface area contributed by atoms with Crippen molar-refractivity contribution in [1.82, 2.24) is 24.3 Å². The highest BCUT2D eigenvalue weighted by Gasteiger charge is 2.33. The minimum absolute atomic E-state index is 0.137. The molecule has 204 valence electrons. The molecule has 2 aromatic rings. The second-order valence-electron chi connectivity index (χ2n) is 11.3. The summed E-state index contributed by atoms with van der Waals surface area (Å²) >= 11 is 0. The number of nitrogens with two attached hydrogens (primary N) is 2. The number of fused-ring (bicyclic) bond motifs is 1. The molecule has 1 aromatic carbocycles. The van der Waals surface area contributed by atoms with E-state index >= 15 is 0 Å². The van der Waals surface area contributed by atoms with Gasteiger partial charge in [0.25, 0.3) is 0 Å². The van der Waals surface area contributed by atoms with Crippen LogP contribution in [-0.4, -0.2) is 93.6 Å². The predicted octanol–water partition coefficient (Wildman–Crippen LogP) is 0.394. The lowest BCUT2D eigenvalue weighted by Crippen LogP contribution is -2.58. The number of aromatic nitrogens is 2. The molecule has 1 atom stereocenters. The van der Waals surface area contributed by atoms with Crippen LogP contribution in [0.4, 0.5) is 10.6 Å². The van der Waals surface area contributed by atoms with E-state index in [2.05, 4.69) is 27.3 Å². The number of urea groups is 1. The summed E-state index contributed by atoms with van der Waals surface area (Å²) in [6.07, 6.45) is 4.76. The molecule has 3 aliphatic rings. The van der Waals surface area contributed by atoms with Gasteiger partial charge in [0, 0.05) is 51.5 Å². The van der Waals surface area contributed by atoms with Gasteiger partial charge in [-0.2, -0.15) is 4.98 Å². The number of likely N-dealkylation sites (tertiary alicyclic amines) is 1. The van der Waals surface area contributed by atoms with Crippen LogP contribution < -0.4 is 22.5 Å². The number of rotatable bonds is 5. The van der Waals surface area contributed by atoms with Crippen LogP contribution in [0.25, 0.3) is 5.69 Å². The summed E-state index contributed by atoms with van der Waals surface area (Å²) in [5, 5.41) is 2.71. The molecule has 1 unspecified atom stereocenters. The van der Waals surface area contributed by atoms with Gasteiger partial charge >= 0.3 is 11.7 Å². The van der Waals surface area contributed by atoms with E-state index in [0.29, 0.717) is 38.1 Å². The van der Waals surface area contributed by atoms with E-state index in [-0.39, 0.29) is 17.8 Å². The lowest BCUT2D eigenvalue weighted by atomic mass is 9.84. The summed E-state index contributed by atoms with van der Waals surface area (Å²) in [4.78, 5) is 47.8. The minimum Gasteiger partial charge on any atom is -0.338 e. The van der Waals surface area contributed by atoms with E-state index in [4.69, 9.17) is 11.5 Å². The molecule has 38 heavy (non-hydrogen) atoms. The summed E-state index contributed by atoms with van der Waals surface area (Å²) in [5.74, 6) is 0.696. The molecular weight excluding hydrogens is 484 g/mol. The SMILES string of the molecule is CC(C)(N)C(=O)N1CCN(C(=O)Nc2ccn(-c3ccc4c(c3)CCC(N3CC(CN)C3)C4)c(=O)n2)CC1. The van der Waals surface area contributed by atoms with Gasteiger partial charge in [-0.05, 0) is 74.9 Å². The van der Waals surface area contributed by atoms with Gasteiger partial charge in [0.1, 0.15) is 5.82 Å². The number of anilines is 1. The van der Waals surface area contributed by atoms with Crippen molar-refractivity contribution >= 4 is 17.8 Å². The number of amides is 3. The molecule has 5 rings (SSSR count). The van der Waals surface area contributed by atoms with Crippen molar-refractivity contribution < 1.29 is 9.59 Å². The first-order valence-electron chi connectivity index (χ1n) is 13.4. The maximum atomic E-state index is 12.8. The topological polar surface area (TPSA) is 143 Å². The third-order valence-corrected chi connectivity index (χ3v) is 7.95. The molecule has 2 fully saturated rings. The first kappa shape index (κ1) is 26.3. The number of piperazine rings is 1. The van der Waals surface area contributed by atoms with E-state index in [1.54, 1.807) is 35.9 Å². The van der Waals surface area contributed by atoms with E-state index < -0.39 is 11.2 Å². The number of nitrogens with one attached hydrogen (secondary N) is 1. The summed E-state index contributed by atoms with van der Waals surface area (Å²) < 4.78 is 1.50. The normalized spacial score (nSPS) is 20.6. The number of nitrogens with zero attached hydrogens (tertiary/aromatic N) is 5. The molecule has 0 saturated carbocycles. The lowest BCUT2D eigenvalue weighted by molar-refractivity contribution is -0.137. The van der Waals surface area contributed by atoms with E-state index in [1.807, 2.05) is 6.07 Å². The standard InChI is InChI=1S/C27H38N8O3/c1-27(2,29)24(36)32-9-11-33(12-10-32)25(37)30-23-7-8-35(26(38)31-23)22-6-4-19-13-21(5-3-20(19)14-22)34-16-18(15-28)17-34/h4,6-8,14,18,21H,3,5,9-13,15-17,28-29H2,1-2H3,(H,30,31,37,38). The van der Waals surface area contributed by atoms with Crippen molar-refractivity contribution in [1.29, 1.82) is 0 Å². The molecule has 5 N–H and O–H groups in total. The van der Waals surface area contributed by atoms with Crippen molar-refractivity contribution in [2.45, 2.75) is 44.7 Å². The maximum absolute atomic E-state index is 12.8. The molecule has 0 radical (unpaired) electrons. The van der Waals surface area contributed by atoms with Gasteiger partial charge in [-0.3, -0.25) is 19.6 Å². The Morgan fingerprint density at radius 1 is 1.08 bits per heavy atom. The Balaban J connectivity index is 1.19. The van der Waals surface area contributed by atoms with Crippen molar-refractivity contribution in [3.05, 3.63) is 52.1 Å². The molecule has 0 spiro atoms. The average Bonchev–Trinajstić information content (AvgIpc) is 2.87. The van der Waals surface area contributed by atoms with Crippen molar-refractivity contribution in [2.24, 2.45) is 17.4 Å². The first-order chi connectivity index (χ1) is 18.1. The van der Waals surface area contributed by atoms with Crippen LogP contribution in [0.15, 0.2) is 35.3 Å². The summed E-state index contributed by atoms with van der Waals surface area (Å²) in [6.45, 7) is 7.89. The Bertz CT molecular complexity index is 1260. The third-order valence-electron chi connectivity index (χ3n) is 7.95. The van der Waals surface area contributed by atoms with Crippen LogP contribution in [-0.2, 0) is 17.6 Å². The fourth-order valence-electron chi connectivity index (χ4n) is 5.62. The number of aryl methyl sites for hydroxylation is 1. The number of hydrogen-bond donors (Lipinski definition) is 3. The fourth-order valence-corrected chi connectivity index (χ4v) is 5.62. The van der Waals surface area contributed by atoms with Gasteiger partial charge in [-0.1, -0.05) is 6.07 Å². The molecule has 2 aliphatic heterocycles. The summed E-state index contributed by atoms with van der Waals surface area (Å²) in [6, 6.07) is 8.01. The molecule has 3 heterocycles. The number of benzene rings is 1. The van der Waals surface area contributed by atoms with Crippen LogP contribution in [0.2, 0.25) is 0 Å². The Morgan fingerprint density at radius 3 is 2.45 bits per heavy atom.